The molecule has 11 heteroatoms. The first-order valence-electron chi connectivity index (χ1n) is 8.21. The van der Waals surface area contributed by atoms with Gasteiger partial charge in [-0.1, -0.05) is 5.16 Å². The Bertz CT molecular complexity index is 1130. The van der Waals surface area contributed by atoms with Crippen LogP contribution >= 0.6 is 12.2 Å². The summed E-state index contributed by atoms with van der Waals surface area (Å²) in [4.78, 5) is 11.9. The molecule has 0 aliphatic heterocycles. The number of hydrogen-bond donors (Lipinski definition) is 3. The number of carbonyl (C=O) groups excluding carboxylic acids is 1. The van der Waals surface area contributed by atoms with Crippen LogP contribution in [0.5, 0.6) is 0 Å². The molecule has 0 aliphatic carbocycles. The second-order valence-corrected chi connectivity index (χ2v) is 7.84. The number of thiocarbonyl (C=S) groups is 1. The lowest BCUT2D eigenvalue weighted by atomic mass is 10.3. The molecule has 0 radical (unpaired) electrons. The van der Waals surface area contributed by atoms with Crippen LogP contribution in [0.15, 0.2) is 68.6 Å². The highest BCUT2D eigenvalue weighted by atomic mass is 32.2. The smallest absolute Gasteiger partial charge is 0.263 e. The van der Waals surface area contributed by atoms with Crippen molar-refractivity contribution in [3.05, 3.63) is 66.3 Å². The number of aromatic nitrogens is 1. The predicted molar refractivity (Wildman–Crippen MR) is 111 cm³/mol. The molecule has 3 rings (SSSR count). The van der Waals surface area contributed by atoms with E-state index in [1.807, 2.05) is 0 Å². The quantitative estimate of drug-likeness (QED) is 0.401. The van der Waals surface area contributed by atoms with Crippen LogP contribution in [0.4, 0.5) is 11.5 Å². The van der Waals surface area contributed by atoms with Crippen molar-refractivity contribution in [2.75, 3.05) is 10.0 Å². The van der Waals surface area contributed by atoms with Gasteiger partial charge in [0.2, 0.25) is 5.91 Å². The van der Waals surface area contributed by atoms with Gasteiger partial charge in [-0.3, -0.25) is 14.8 Å². The Balaban J connectivity index is 1.56. The van der Waals surface area contributed by atoms with Gasteiger partial charge in [0, 0.05) is 17.8 Å². The molecule has 29 heavy (non-hydrogen) atoms. The van der Waals surface area contributed by atoms with E-state index in [4.69, 9.17) is 21.2 Å². The lowest BCUT2D eigenvalue weighted by Gasteiger charge is -2.09. The zero-order chi connectivity index (χ0) is 20.9. The van der Waals surface area contributed by atoms with Gasteiger partial charge in [0.25, 0.3) is 10.0 Å². The zero-order valence-corrected chi connectivity index (χ0v) is 16.7. The number of furan rings is 1. The van der Waals surface area contributed by atoms with E-state index in [1.54, 1.807) is 19.1 Å². The van der Waals surface area contributed by atoms with Crippen LogP contribution in [-0.2, 0) is 14.8 Å². The molecule has 1 amide bonds. The maximum Gasteiger partial charge on any atom is 0.263 e. The predicted octanol–water partition coefficient (Wildman–Crippen LogP) is 2.90. The van der Waals surface area contributed by atoms with Crippen molar-refractivity contribution in [2.45, 2.75) is 11.8 Å². The van der Waals surface area contributed by atoms with Gasteiger partial charge in [-0.2, -0.15) is 0 Å². The number of anilines is 2. The largest absolute Gasteiger partial charge is 0.465 e. The van der Waals surface area contributed by atoms with E-state index in [-0.39, 0.29) is 15.8 Å². The minimum absolute atomic E-state index is 0.0278. The van der Waals surface area contributed by atoms with Crippen LogP contribution in [0.1, 0.15) is 11.5 Å². The number of rotatable bonds is 6. The molecule has 0 saturated carbocycles. The minimum atomic E-state index is -3.81. The first kappa shape index (κ1) is 20.3. The highest BCUT2D eigenvalue weighted by Crippen LogP contribution is 2.18. The van der Waals surface area contributed by atoms with E-state index in [9.17, 15) is 13.2 Å². The van der Waals surface area contributed by atoms with Crippen LogP contribution in [0.3, 0.4) is 0 Å². The van der Waals surface area contributed by atoms with Crippen molar-refractivity contribution < 1.29 is 22.2 Å². The Kier molecular flexibility index (Phi) is 6.10. The molecule has 3 aromatic rings. The van der Waals surface area contributed by atoms with Crippen molar-refractivity contribution in [3.8, 4) is 0 Å². The normalized spacial score (nSPS) is 11.3. The lowest BCUT2D eigenvalue weighted by Crippen LogP contribution is -2.32. The van der Waals surface area contributed by atoms with Crippen molar-refractivity contribution in [3.63, 3.8) is 0 Å². The second kappa shape index (κ2) is 8.71. The fourth-order valence-corrected chi connectivity index (χ4v) is 3.39. The summed E-state index contributed by atoms with van der Waals surface area (Å²) in [5.41, 5.74) is 0.501. The number of amides is 1. The van der Waals surface area contributed by atoms with Crippen molar-refractivity contribution in [1.29, 1.82) is 0 Å². The van der Waals surface area contributed by atoms with E-state index in [2.05, 4.69) is 20.5 Å². The summed E-state index contributed by atoms with van der Waals surface area (Å²) in [5.74, 6) is 0.670. The molecule has 9 nitrogen and oxygen atoms in total. The molecule has 1 aromatic carbocycles. The Hall–Kier alpha value is -3.44. The van der Waals surface area contributed by atoms with E-state index >= 15 is 0 Å². The lowest BCUT2D eigenvalue weighted by molar-refractivity contribution is -0.115. The highest BCUT2D eigenvalue weighted by molar-refractivity contribution is 7.92. The summed E-state index contributed by atoms with van der Waals surface area (Å²) in [7, 11) is -3.81. The molecule has 0 atom stereocenters. The molecule has 2 aromatic heterocycles. The van der Waals surface area contributed by atoms with Crippen molar-refractivity contribution in [2.24, 2.45) is 0 Å². The minimum Gasteiger partial charge on any atom is -0.465 e. The Morgan fingerprint density at radius 3 is 2.59 bits per heavy atom. The van der Waals surface area contributed by atoms with Gasteiger partial charge in [0.05, 0.1) is 11.2 Å². The third-order valence-electron chi connectivity index (χ3n) is 3.47. The second-order valence-electron chi connectivity index (χ2n) is 5.74. The Morgan fingerprint density at radius 1 is 1.21 bits per heavy atom. The van der Waals surface area contributed by atoms with Gasteiger partial charge < -0.3 is 14.3 Å². The van der Waals surface area contributed by atoms with E-state index in [0.717, 1.165) is 0 Å². The monoisotopic (exact) mass is 432 g/mol. The summed E-state index contributed by atoms with van der Waals surface area (Å²) in [5, 5.41) is 8.93. The zero-order valence-electron chi connectivity index (χ0n) is 15.1. The van der Waals surface area contributed by atoms with Gasteiger partial charge >= 0.3 is 0 Å². The topological polar surface area (TPSA) is 126 Å². The summed E-state index contributed by atoms with van der Waals surface area (Å²) in [6, 6.07) is 10.7. The fraction of sp³-hybridized carbons (Fsp3) is 0.0556. The number of benzene rings is 1. The van der Waals surface area contributed by atoms with Crippen LogP contribution in [-0.4, -0.2) is 24.6 Å². The first-order chi connectivity index (χ1) is 13.8. The van der Waals surface area contributed by atoms with E-state index in [1.165, 1.54) is 48.7 Å². The summed E-state index contributed by atoms with van der Waals surface area (Å²) in [6.45, 7) is 1.65. The number of nitrogens with one attached hydrogen (secondary N) is 3. The molecular formula is C18H16N4O5S2. The molecular weight excluding hydrogens is 416 g/mol. The van der Waals surface area contributed by atoms with Gasteiger partial charge in [-0.05, 0) is 61.6 Å². The van der Waals surface area contributed by atoms with Crippen LogP contribution < -0.4 is 15.4 Å². The molecule has 2 heterocycles. The maximum atomic E-state index is 12.3. The molecule has 3 N–H and O–H groups in total. The first-order valence-corrected chi connectivity index (χ1v) is 10.1. The fourth-order valence-electron chi connectivity index (χ4n) is 2.19. The standard InChI is InChI=1S/C18H16N4O5S2/c1-12-11-16(21-27-12)22-29(24,25)15-7-4-13(5-8-15)19-18(28)20-17(23)9-6-14-3-2-10-26-14/h2-11H,1H3,(H,21,22)(H2,19,20,23,28). The summed E-state index contributed by atoms with van der Waals surface area (Å²) < 4.78 is 36.9. The molecule has 0 saturated heterocycles. The summed E-state index contributed by atoms with van der Waals surface area (Å²) >= 11 is 5.07. The van der Waals surface area contributed by atoms with E-state index in [0.29, 0.717) is 17.2 Å². The third kappa shape index (κ3) is 5.77. The van der Waals surface area contributed by atoms with Crippen molar-refractivity contribution >= 4 is 50.8 Å². The number of nitrogens with zero attached hydrogens (tertiary/aromatic N) is 1. The Labute approximate surface area is 171 Å². The third-order valence-corrected chi connectivity index (χ3v) is 5.04. The van der Waals surface area contributed by atoms with Crippen LogP contribution in [0.2, 0.25) is 0 Å². The van der Waals surface area contributed by atoms with Crippen LogP contribution in [0.25, 0.3) is 6.08 Å². The van der Waals surface area contributed by atoms with Gasteiger partial charge in [-0.15, -0.1) is 0 Å². The number of sulfonamides is 1. The highest BCUT2D eigenvalue weighted by Gasteiger charge is 2.16. The molecule has 0 spiro atoms. The maximum absolute atomic E-state index is 12.3. The summed E-state index contributed by atoms with van der Waals surface area (Å²) in [6.07, 6.45) is 4.27. The van der Waals surface area contributed by atoms with Gasteiger partial charge in [-0.25, -0.2) is 8.42 Å². The van der Waals surface area contributed by atoms with E-state index < -0.39 is 15.9 Å². The number of aryl methyl sites for hydroxylation is 1. The molecule has 0 fully saturated rings. The average Bonchev–Trinajstić information content (AvgIpc) is 3.32. The Morgan fingerprint density at radius 2 is 1.97 bits per heavy atom. The average molecular weight is 432 g/mol. The molecule has 0 bridgehead atoms. The van der Waals surface area contributed by atoms with Crippen molar-refractivity contribution in [1.82, 2.24) is 10.5 Å². The van der Waals surface area contributed by atoms with Crippen LogP contribution in [0, 0.1) is 6.92 Å². The number of carbonyl (C=O) groups is 1. The SMILES string of the molecule is Cc1cc(NS(=O)(=O)c2ccc(NC(=S)NC(=O)C=Cc3ccco3)cc2)no1. The molecule has 0 aliphatic rings. The molecule has 0 unspecified atom stereocenters. The molecule has 150 valence electrons. The van der Waals surface area contributed by atoms with Gasteiger partial charge in [0.1, 0.15) is 11.5 Å². The number of hydrogen-bond acceptors (Lipinski definition) is 7. The van der Waals surface area contributed by atoms with Gasteiger partial charge in [0.15, 0.2) is 10.9 Å².